The van der Waals surface area contributed by atoms with Gasteiger partial charge < -0.3 is 16.0 Å². The first-order chi connectivity index (χ1) is 9.40. The van der Waals surface area contributed by atoms with Crippen LogP contribution in [0.3, 0.4) is 0 Å². The summed E-state index contributed by atoms with van der Waals surface area (Å²) in [4.78, 5) is 12.3. The molecule has 20 heavy (non-hydrogen) atoms. The van der Waals surface area contributed by atoms with Crippen molar-refractivity contribution in [2.24, 2.45) is 5.73 Å². The Labute approximate surface area is 112 Å². The zero-order valence-electron chi connectivity index (χ0n) is 10.4. The van der Waals surface area contributed by atoms with Gasteiger partial charge in [-0.15, -0.1) is 0 Å². The Hall–Kier alpha value is -1.99. The number of likely N-dealkylation sites (tertiary alicyclic amines) is 1. The minimum absolute atomic E-state index is 0.158. The van der Waals surface area contributed by atoms with Gasteiger partial charge in [0.2, 0.25) is 0 Å². The number of rotatable bonds is 2. The molecule has 1 fully saturated rings. The summed E-state index contributed by atoms with van der Waals surface area (Å²) in [5.41, 5.74) is 4.28. The van der Waals surface area contributed by atoms with E-state index in [1.165, 1.54) is 4.90 Å². The highest BCUT2D eigenvalue weighted by atomic mass is 19.2. The summed E-state index contributed by atoms with van der Waals surface area (Å²) in [6.45, 7) is 0.627. The normalized spacial score (nSPS) is 16.3. The van der Waals surface area contributed by atoms with Crippen LogP contribution in [0, 0.1) is 23.3 Å². The molecule has 0 atom stereocenters. The van der Waals surface area contributed by atoms with Crippen molar-refractivity contribution in [2.75, 3.05) is 18.4 Å². The maximum Gasteiger partial charge on any atom is 0.314 e. The first kappa shape index (κ1) is 14.4. The number of benzene rings is 1. The number of urea groups is 1. The standard InChI is InChI=1S/C12H13F4N3O/c13-7-5-8(14)10(16)11(9(7)15)18-6-1-3-19(4-2-6)12(17)20/h5-6,18H,1-4H2,(H2,17,20). The maximum absolute atomic E-state index is 13.5. The van der Waals surface area contributed by atoms with E-state index in [9.17, 15) is 22.4 Å². The van der Waals surface area contributed by atoms with Gasteiger partial charge in [-0.05, 0) is 12.8 Å². The first-order valence-corrected chi connectivity index (χ1v) is 6.04. The third kappa shape index (κ3) is 2.78. The molecule has 1 aromatic rings. The number of primary amides is 1. The van der Waals surface area contributed by atoms with E-state index in [0.717, 1.165) is 0 Å². The molecule has 1 aliphatic heterocycles. The predicted molar refractivity (Wildman–Crippen MR) is 64.1 cm³/mol. The molecule has 1 saturated heterocycles. The van der Waals surface area contributed by atoms with Crippen molar-refractivity contribution >= 4 is 11.7 Å². The molecule has 2 amide bonds. The van der Waals surface area contributed by atoms with Crippen LogP contribution < -0.4 is 11.1 Å². The van der Waals surface area contributed by atoms with Gasteiger partial charge in [0.25, 0.3) is 0 Å². The molecule has 1 heterocycles. The van der Waals surface area contributed by atoms with Crippen molar-refractivity contribution in [2.45, 2.75) is 18.9 Å². The van der Waals surface area contributed by atoms with E-state index >= 15 is 0 Å². The number of hydrogen-bond acceptors (Lipinski definition) is 2. The predicted octanol–water partition coefficient (Wildman–Crippen LogP) is 2.20. The summed E-state index contributed by atoms with van der Waals surface area (Å²) < 4.78 is 53.0. The molecule has 4 nitrogen and oxygen atoms in total. The highest BCUT2D eigenvalue weighted by Crippen LogP contribution is 2.26. The summed E-state index contributed by atoms with van der Waals surface area (Å²) in [5.74, 6) is -5.83. The number of hydrogen-bond donors (Lipinski definition) is 2. The molecule has 0 aliphatic carbocycles. The van der Waals surface area contributed by atoms with Gasteiger partial charge >= 0.3 is 6.03 Å². The van der Waals surface area contributed by atoms with Crippen molar-refractivity contribution < 1.29 is 22.4 Å². The molecule has 0 bridgehead atoms. The van der Waals surface area contributed by atoms with Crippen molar-refractivity contribution in [3.8, 4) is 0 Å². The van der Waals surface area contributed by atoms with Crippen LogP contribution in [0.15, 0.2) is 6.07 Å². The Kier molecular flexibility index (Phi) is 4.01. The smallest absolute Gasteiger partial charge is 0.314 e. The Morgan fingerprint density at radius 2 is 1.65 bits per heavy atom. The lowest BCUT2D eigenvalue weighted by molar-refractivity contribution is 0.193. The maximum atomic E-state index is 13.5. The second-order valence-corrected chi connectivity index (χ2v) is 4.59. The average molecular weight is 291 g/mol. The van der Waals surface area contributed by atoms with Crippen LogP contribution >= 0.6 is 0 Å². The highest BCUT2D eigenvalue weighted by molar-refractivity contribution is 5.72. The van der Waals surface area contributed by atoms with E-state index in [4.69, 9.17) is 5.73 Å². The molecule has 3 N–H and O–H groups in total. The van der Waals surface area contributed by atoms with Gasteiger partial charge in [0.15, 0.2) is 23.3 Å². The van der Waals surface area contributed by atoms with Gasteiger partial charge in [-0.1, -0.05) is 0 Å². The second-order valence-electron chi connectivity index (χ2n) is 4.59. The van der Waals surface area contributed by atoms with Crippen LogP contribution in [0.2, 0.25) is 0 Å². The number of piperidine rings is 1. The number of anilines is 1. The first-order valence-electron chi connectivity index (χ1n) is 6.04. The van der Waals surface area contributed by atoms with Gasteiger partial charge in [-0.2, -0.15) is 0 Å². The van der Waals surface area contributed by atoms with Crippen LogP contribution in [0.4, 0.5) is 28.0 Å². The van der Waals surface area contributed by atoms with Crippen molar-refractivity contribution in [1.82, 2.24) is 4.90 Å². The van der Waals surface area contributed by atoms with E-state index in [2.05, 4.69) is 5.32 Å². The quantitative estimate of drug-likeness (QED) is 0.648. The lowest BCUT2D eigenvalue weighted by Gasteiger charge is -2.31. The third-order valence-corrected chi connectivity index (χ3v) is 3.27. The van der Waals surface area contributed by atoms with Crippen LogP contribution in [-0.2, 0) is 0 Å². The Morgan fingerprint density at radius 3 is 2.10 bits per heavy atom. The molecular formula is C12H13F4N3O. The third-order valence-electron chi connectivity index (χ3n) is 3.27. The molecule has 0 saturated carbocycles. The lowest BCUT2D eigenvalue weighted by Crippen LogP contribution is -2.44. The van der Waals surface area contributed by atoms with E-state index in [0.29, 0.717) is 25.9 Å². The average Bonchev–Trinajstić information content (AvgIpc) is 2.42. The lowest BCUT2D eigenvalue weighted by atomic mass is 10.0. The monoisotopic (exact) mass is 291 g/mol. The largest absolute Gasteiger partial charge is 0.377 e. The van der Waals surface area contributed by atoms with Crippen molar-refractivity contribution in [3.63, 3.8) is 0 Å². The number of nitrogens with two attached hydrogens (primary N) is 1. The van der Waals surface area contributed by atoms with Gasteiger partial charge in [-0.25, -0.2) is 22.4 Å². The van der Waals surface area contributed by atoms with E-state index in [1.807, 2.05) is 0 Å². The molecule has 110 valence electrons. The Bertz CT molecular complexity index is 504. The fourth-order valence-corrected chi connectivity index (χ4v) is 2.15. The van der Waals surface area contributed by atoms with Gasteiger partial charge in [-0.3, -0.25) is 0 Å². The second kappa shape index (κ2) is 5.56. The molecule has 2 rings (SSSR count). The van der Waals surface area contributed by atoms with E-state index in [-0.39, 0.29) is 6.07 Å². The molecule has 0 aromatic heterocycles. The van der Waals surface area contributed by atoms with Gasteiger partial charge in [0, 0.05) is 25.2 Å². The summed E-state index contributed by atoms with van der Waals surface area (Å²) in [7, 11) is 0. The summed E-state index contributed by atoms with van der Waals surface area (Å²) in [5, 5.41) is 2.45. The fourth-order valence-electron chi connectivity index (χ4n) is 2.15. The van der Waals surface area contributed by atoms with Gasteiger partial charge in [0.05, 0.1) is 0 Å². The molecule has 0 spiro atoms. The van der Waals surface area contributed by atoms with E-state index in [1.54, 1.807) is 0 Å². The molecule has 1 aromatic carbocycles. The summed E-state index contributed by atoms with van der Waals surface area (Å²) >= 11 is 0. The van der Waals surface area contributed by atoms with Crippen LogP contribution in [-0.4, -0.2) is 30.1 Å². The molecular weight excluding hydrogens is 278 g/mol. The van der Waals surface area contributed by atoms with Crippen LogP contribution in [0.1, 0.15) is 12.8 Å². The van der Waals surface area contributed by atoms with Crippen LogP contribution in [0.25, 0.3) is 0 Å². The topological polar surface area (TPSA) is 58.4 Å². The van der Waals surface area contributed by atoms with Crippen molar-refractivity contribution in [1.29, 1.82) is 0 Å². The molecule has 8 heteroatoms. The van der Waals surface area contributed by atoms with E-state index < -0.39 is 41.0 Å². The summed E-state index contributed by atoms with van der Waals surface area (Å²) in [6.07, 6.45) is 0.750. The fraction of sp³-hybridized carbons (Fsp3) is 0.417. The SMILES string of the molecule is NC(=O)N1CCC(Nc2c(F)c(F)cc(F)c2F)CC1. The van der Waals surface area contributed by atoms with Gasteiger partial charge in [0.1, 0.15) is 5.69 Å². The number of carbonyl (C=O) groups excluding carboxylic acids is 1. The molecule has 0 radical (unpaired) electrons. The number of nitrogens with zero attached hydrogens (tertiary/aromatic N) is 1. The zero-order valence-corrected chi connectivity index (χ0v) is 10.4. The number of amides is 2. The molecule has 0 unspecified atom stereocenters. The summed E-state index contributed by atoms with van der Waals surface area (Å²) in [6, 6.07) is -0.806. The van der Waals surface area contributed by atoms with Crippen molar-refractivity contribution in [3.05, 3.63) is 29.3 Å². The highest BCUT2D eigenvalue weighted by Gasteiger charge is 2.25. The zero-order chi connectivity index (χ0) is 14.9. The Morgan fingerprint density at radius 1 is 1.15 bits per heavy atom. The minimum atomic E-state index is -1.46. The van der Waals surface area contributed by atoms with Crippen LogP contribution in [0.5, 0.6) is 0 Å². The number of carbonyl (C=O) groups is 1. The number of halogens is 4. The Balaban J connectivity index is 2.10. The molecule has 1 aliphatic rings. The minimum Gasteiger partial charge on any atom is -0.377 e. The number of nitrogens with one attached hydrogen (secondary N) is 1.